The highest BCUT2D eigenvalue weighted by Crippen LogP contribution is 2.23. The number of aromatic nitrogens is 1. The molecule has 2 aromatic carbocycles. The first-order chi connectivity index (χ1) is 11.2. The van der Waals surface area contributed by atoms with Gasteiger partial charge in [-0.3, -0.25) is 4.79 Å². The molecule has 0 radical (unpaired) electrons. The Morgan fingerprint density at radius 1 is 1.13 bits per heavy atom. The third-order valence-corrected chi connectivity index (χ3v) is 3.33. The summed E-state index contributed by atoms with van der Waals surface area (Å²) in [5, 5.41) is 6.77. The van der Waals surface area contributed by atoms with E-state index in [-0.39, 0.29) is 12.3 Å². The summed E-state index contributed by atoms with van der Waals surface area (Å²) in [5.74, 6) is 1.26. The van der Waals surface area contributed by atoms with Crippen LogP contribution in [-0.2, 0) is 11.2 Å². The van der Waals surface area contributed by atoms with E-state index in [1.54, 1.807) is 13.2 Å². The molecule has 0 spiro atoms. The van der Waals surface area contributed by atoms with Gasteiger partial charge in [-0.2, -0.15) is 0 Å². The molecule has 23 heavy (non-hydrogen) atoms. The quantitative estimate of drug-likeness (QED) is 0.783. The number of nitrogens with zero attached hydrogens (tertiary/aromatic N) is 1. The summed E-state index contributed by atoms with van der Waals surface area (Å²) in [6, 6.07) is 18.5. The fraction of sp³-hybridized carbons (Fsp3) is 0.111. The summed E-state index contributed by atoms with van der Waals surface area (Å²) in [6.45, 7) is 0. The van der Waals surface area contributed by atoms with Gasteiger partial charge in [0.1, 0.15) is 5.75 Å². The van der Waals surface area contributed by atoms with Crippen LogP contribution < -0.4 is 10.1 Å². The third-order valence-electron chi connectivity index (χ3n) is 3.33. The van der Waals surface area contributed by atoms with Crippen LogP contribution in [-0.4, -0.2) is 18.2 Å². The minimum Gasteiger partial charge on any atom is -0.497 e. The minimum absolute atomic E-state index is 0.134. The van der Waals surface area contributed by atoms with Gasteiger partial charge >= 0.3 is 0 Å². The van der Waals surface area contributed by atoms with E-state index in [1.165, 1.54) is 0 Å². The van der Waals surface area contributed by atoms with E-state index >= 15 is 0 Å². The molecule has 3 aromatic rings. The number of carbonyl (C=O) groups excluding carboxylic acids is 1. The molecule has 0 aliphatic rings. The molecule has 0 bridgehead atoms. The Balaban J connectivity index is 1.65. The fourth-order valence-corrected chi connectivity index (χ4v) is 2.18. The molecule has 116 valence electrons. The maximum Gasteiger partial charge on any atom is 0.230 e. The zero-order valence-corrected chi connectivity index (χ0v) is 12.7. The average Bonchev–Trinajstić information content (AvgIpc) is 3.04. The van der Waals surface area contributed by atoms with Crippen molar-refractivity contribution in [1.82, 2.24) is 5.16 Å². The van der Waals surface area contributed by atoms with Crippen molar-refractivity contribution in [2.75, 3.05) is 12.4 Å². The second kappa shape index (κ2) is 6.79. The number of ether oxygens (including phenoxy) is 1. The summed E-state index contributed by atoms with van der Waals surface area (Å²) in [6.07, 6.45) is 0.161. The number of amides is 1. The van der Waals surface area contributed by atoms with E-state index in [1.807, 2.05) is 54.6 Å². The number of benzene rings is 2. The third kappa shape index (κ3) is 3.77. The highest BCUT2D eigenvalue weighted by Gasteiger charge is 2.11. The van der Waals surface area contributed by atoms with Crippen molar-refractivity contribution in [1.29, 1.82) is 0 Å². The van der Waals surface area contributed by atoms with Gasteiger partial charge in [0.2, 0.25) is 5.91 Å². The maximum absolute atomic E-state index is 12.0. The number of anilines is 1. The van der Waals surface area contributed by atoms with Crippen LogP contribution in [0.5, 0.6) is 5.75 Å². The van der Waals surface area contributed by atoms with E-state index in [9.17, 15) is 4.79 Å². The molecule has 1 heterocycles. The molecule has 3 rings (SSSR count). The predicted molar refractivity (Wildman–Crippen MR) is 87.3 cm³/mol. The zero-order valence-electron chi connectivity index (χ0n) is 12.7. The second-order valence-corrected chi connectivity index (χ2v) is 5.00. The Morgan fingerprint density at radius 2 is 1.87 bits per heavy atom. The number of para-hydroxylation sites is 1. The van der Waals surface area contributed by atoms with Gasteiger partial charge in [0.05, 0.1) is 19.2 Å². The van der Waals surface area contributed by atoms with Gasteiger partial charge in [-0.15, -0.1) is 0 Å². The highest BCUT2D eigenvalue weighted by molar-refractivity contribution is 5.92. The van der Waals surface area contributed by atoms with Crippen LogP contribution in [0.4, 0.5) is 5.69 Å². The molecule has 5 nitrogen and oxygen atoms in total. The SMILES string of the molecule is COc1ccc(-c2cc(CC(=O)Nc3ccccc3)no2)cc1. The molecule has 0 saturated carbocycles. The molecule has 1 amide bonds. The van der Waals surface area contributed by atoms with Gasteiger partial charge in [-0.05, 0) is 36.4 Å². The number of nitrogens with one attached hydrogen (secondary N) is 1. The minimum atomic E-state index is -0.134. The van der Waals surface area contributed by atoms with Gasteiger partial charge in [0.25, 0.3) is 0 Å². The van der Waals surface area contributed by atoms with Gasteiger partial charge in [-0.25, -0.2) is 0 Å². The van der Waals surface area contributed by atoms with Gasteiger partial charge < -0.3 is 14.6 Å². The lowest BCUT2D eigenvalue weighted by atomic mass is 10.1. The first-order valence-electron chi connectivity index (χ1n) is 7.19. The lowest BCUT2D eigenvalue weighted by Crippen LogP contribution is -2.14. The molecule has 0 unspecified atom stereocenters. The van der Waals surface area contributed by atoms with Crippen LogP contribution in [0.15, 0.2) is 65.2 Å². The molecule has 1 aromatic heterocycles. The average molecular weight is 308 g/mol. The molecule has 0 atom stereocenters. The normalized spacial score (nSPS) is 10.3. The van der Waals surface area contributed by atoms with Crippen molar-refractivity contribution < 1.29 is 14.1 Å². The van der Waals surface area contributed by atoms with E-state index in [0.717, 1.165) is 17.0 Å². The van der Waals surface area contributed by atoms with Crippen LogP contribution in [0.1, 0.15) is 5.69 Å². The Bertz CT molecular complexity index is 780. The zero-order chi connectivity index (χ0) is 16.1. The first-order valence-corrected chi connectivity index (χ1v) is 7.19. The van der Waals surface area contributed by atoms with Gasteiger partial charge in [0, 0.05) is 17.3 Å². The van der Waals surface area contributed by atoms with Crippen LogP contribution in [0.3, 0.4) is 0 Å². The van der Waals surface area contributed by atoms with Crippen molar-refractivity contribution >= 4 is 11.6 Å². The Labute approximate surface area is 133 Å². The molecule has 0 saturated heterocycles. The number of carbonyl (C=O) groups is 1. The smallest absolute Gasteiger partial charge is 0.230 e. The Morgan fingerprint density at radius 3 is 2.57 bits per heavy atom. The van der Waals surface area contributed by atoms with Crippen molar-refractivity contribution in [3.63, 3.8) is 0 Å². The monoisotopic (exact) mass is 308 g/mol. The molecule has 1 N–H and O–H groups in total. The lowest BCUT2D eigenvalue weighted by Gasteiger charge is -2.02. The van der Waals surface area contributed by atoms with E-state index < -0.39 is 0 Å². The van der Waals surface area contributed by atoms with Crippen LogP contribution in [0.25, 0.3) is 11.3 Å². The molecule has 5 heteroatoms. The van der Waals surface area contributed by atoms with E-state index in [2.05, 4.69) is 10.5 Å². The Hall–Kier alpha value is -3.08. The fourth-order valence-electron chi connectivity index (χ4n) is 2.18. The molecular weight excluding hydrogens is 292 g/mol. The topological polar surface area (TPSA) is 64.4 Å². The summed E-state index contributed by atoms with van der Waals surface area (Å²) in [4.78, 5) is 12.0. The number of hydrogen-bond acceptors (Lipinski definition) is 4. The summed E-state index contributed by atoms with van der Waals surface area (Å²) < 4.78 is 10.4. The molecule has 0 fully saturated rings. The largest absolute Gasteiger partial charge is 0.497 e. The molecular formula is C18H16N2O3. The molecule has 0 aliphatic heterocycles. The molecule has 0 aliphatic carbocycles. The van der Waals surface area contributed by atoms with Crippen molar-refractivity contribution in [2.24, 2.45) is 0 Å². The second-order valence-electron chi connectivity index (χ2n) is 5.00. The summed E-state index contributed by atoms with van der Waals surface area (Å²) in [5.41, 5.74) is 2.23. The Kier molecular flexibility index (Phi) is 4.38. The summed E-state index contributed by atoms with van der Waals surface area (Å²) in [7, 11) is 1.62. The number of methoxy groups -OCH3 is 1. The standard InChI is InChI=1S/C18H16N2O3/c1-22-16-9-7-13(8-10-16)17-11-15(20-23-17)12-18(21)19-14-5-3-2-4-6-14/h2-11H,12H2,1H3,(H,19,21). The van der Waals surface area contributed by atoms with Gasteiger partial charge in [0.15, 0.2) is 5.76 Å². The van der Waals surface area contributed by atoms with Crippen LogP contribution >= 0.6 is 0 Å². The van der Waals surface area contributed by atoms with Crippen molar-refractivity contribution in [3.8, 4) is 17.1 Å². The highest BCUT2D eigenvalue weighted by atomic mass is 16.5. The van der Waals surface area contributed by atoms with Crippen molar-refractivity contribution in [3.05, 3.63) is 66.4 Å². The van der Waals surface area contributed by atoms with E-state index in [0.29, 0.717) is 11.5 Å². The number of rotatable bonds is 5. The predicted octanol–water partition coefficient (Wildman–Crippen LogP) is 3.53. The summed E-state index contributed by atoms with van der Waals surface area (Å²) >= 11 is 0. The van der Waals surface area contributed by atoms with Crippen LogP contribution in [0, 0.1) is 0 Å². The first kappa shape index (κ1) is 14.8. The van der Waals surface area contributed by atoms with Gasteiger partial charge in [-0.1, -0.05) is 23.4 Å². The van der Waals surface area contributed by atoms with E-state index in [4.69, 9.17) is 9.26 Å². The lowest BCUT2D eigenvalue weighted by molar-refractivity contribution is -0.115. The van der Waals surface area contributed by atoms with Crippen molar-refractivity contribution in [2.45, 2.75) is 6.42 Å². The van der Waals surface area contributed by atoms with Crippen LogP contribution in [0.2, 0.25) is 0 Å². The number of hydrogen-bond donors (Lipinski definition) is 1. The maximum atomic E-state index is 12.0.